The number of fused-ring (bicyclic) bond motifs is 4. The van der Waals surface area contributed by atoms with E-state index in [4.69, 9.17) is 9.26 Å². The van der Waals surface area contributed by atoms with Gasteiger partial charge in [0.1, 0.15) is 29.4 Å². The van der Waals surface area contributed by atoms with E-state index in [0.717, 1.165) is 5.56 Å². The SMILES string of the molecule is CN(C)[C@@H]1c2onc(OCc3ccccc3)c2C(O)=C2C(O)=C3C(=O)c4c(O)cccc4[C@@](C)(O)[C@H]3C[C@H]21. The van der Waals surface area contributed by atoms with Crippen molar-refractivity contribution in [3.05, 3.63) is 93.5 Å². The zero-order chi connectivity index (χ0) is 26.9. The molecule has 0 spiro atoms. The molecule has 4 N–H and O–H groups in total. The lowest BCUT2D eigenvalue weighted by molar-refractivity contribution is -0.0150. The summed E-state index contributed by atoms with van der Waals surface area (Å²) in [6.07, 6.45) is 0.232. The van der Waals surface area contributed by atoms with Gasteiger partial charge in [0.2, 0.25) is 0 Å². The maximum absolute atomic E-state index is 13.6. The van der Waals surface area contributed by atoms with E-state index in [1.807, 2.05) is 49.3 Å². The van der Waals surface area contributed by atoms with Crippen molar-refractivity contribution in [3.63, 3.8) is 0 Å². The predicted octanol–water partition coefficient (Wildman–Crippen LogP) is 4.40. The molecule has 0 aliphatic heterocycles. The highest BCUT2D eigenvalue weighted by atomic mass is 16.5. The van der Waals surface area contributed by atoms with Crippen molar-refractivity contribution in [3.8, 4) is 11.6 Å². The van der Waals surface area contributed by atoms with E-state index < -0.39 is 35.0 Å². The Hall–Kier alpha value is -4.08. The highest BCUT2D eigenvalue weighted by molar-refractivity contribution is 6.14. The van der Waals surface area contributed by atoms with Crippen LogP contribution in [0.4, 0.5) is 0 Å². The molecule has 0 bridgehead atoms. The lowest BCUT2D eigenvalue weighted by atomic mass is 9.59. The minimum atomic E-state index is -1.56. The molecule has 3 aromatic rings. The Morgan fingerprint density at radius 2 is 1.76 bits per heavy atom. The van der Waals surface area contributed by atoms with Crippen LogP contribution in [0.2, 0.25) is 0 Å². The fourth-order valence-corrected chi connectivity index (χ4v) is 6.29. The molecule has 9 heteroatoms. The van der Waals surface area contributed by atoms with Crippen LogP contribution in [0.15, 0.2) is 70.0 Å². The molecule has 38 heavy (non-hydrogen) atoms. The van der Waals surface area contributed by atoms with Gasteiger partial charge in [-0.1, -0.05) is 42.5 Å². The Balaban J connectivity index is 1.52. The van der Waals surface area contributed by atoms with E-state index in [0.29, 0.717) is 11.3 Å². The summed E-state index contributed by atoms with van der Waals surface area (Å²) >= 11 is 0. The van der Waals surface area contributed by atoms with Gasteiger partial charge in [-0.3, -0.25) is 9.69 Å². The van der Waals surface area contributed by atoms with E-state index in [1.165, 1.54) is 6.07 Å². The Labute approximate surface area is 218 Å². The maximum Gasteiger partial charge on any atom is 0.265 e. The zero-order valence-electron chi connectivity index (χ0n) is 21.2. The smallest absolute Gasteiger partial charge is 0.265 e. The topological polar surface area (TPSA) is 136 Å². The number of ether oxygens (including phenoxy) is 1. The minimum absolute atomic E-state index is 0.0361. The number of aliphatic hydroxyl groups excluding tert-OH is 2. The van der Waals surface area contributed by atoms with Crippen LogP contribution in [-0.2, 0) is 12.2 Å². The summed E-state index contributed by atoms with van der Waals surface area (Å²) in [5, 5.41) is 49.4. The summed E-state index contributed by atoms with van der Waals surface area (Å²) in [5.74, 6) is -2.42. The molecule has 1 aromatic heterocycles. The summed E-state index contributed by atoms with van der Waals surface area (Å²) in [7, 11) is 3.68. The van der Waals surface area contributed by atoms with Gasteiger partial charge in [-0.2, -0.15) is 0 Å². The van der Waals surface area contributed by atoms with Gasteiger partial charge < -0.3 is 29.7 Å². The molecular weight excluding hydrogens is 488 g/mol. The molecule has 9 nitrogen and oxygen atoms in total. The lowest BCUT2D eigenvalue weighted by Gasteiger charge is -2.47. The molecule has 6 rings (SSSR count). The first kappa shape index (κ1) is 24.3. The van der Waals surface area contributed by atoms with Crippen LogP contribution in [-0.4, -0.2) is 50.4 Å². The van der Waals surface area contributed by atoms with Crippen molar-refractivity contribution in [1.29, 1.82) is 0 Å². The molecule has 0 saturated heterocycles. The third-order valence-corrected chi connectivity index (χ3v) is 8.06. The first-order valence-electron chi connectivity index (χ1n) is 12.4. The summed E-state index contributed by atoms with van der Waals surface area (Å²) in [6.45, 7) is 1.76. The molecular formula is C29H28N2O7. The van der Waals surface area contributed by atoms with E-state index in [-0.39, 0.29) is 52.7 Å². The highest BCUT2D eigenvalue weighted by Gasteiger charge is 2.56. The lowest BCUT2D eigenvalue weighted by Crippen LogP contribution is -2.47. The molecule has 3 aliphatic carbocycles. The fraction of sp³-hybridized carbons (Fsp3) is 0.310. The van der Waals surface area contributed by atoms with Crippen molar-refractivity contribution < 1.29 is 34.5 Å². The third kappa shape index (κ3) is 3.32. The van der Waals surface area contributed by atoms with Crippen molar-refractivity contribution >= 4 is 11.5 Å². The van der Waals surface area contributed by atoms with Crippen molar-refractivity contribution in [2.75, 3.05) is 14.1 Å². The Morgan fingerprint density at radius 3 is 2.47 bits per heavy atom. The number of aliphatic hydroxyl groups is 3. The number of hydrogen-bond acceptors (Lipinski definition) is 9. The molecule has 0 unspecified atom stereocenters. The number of nitrogens with zero attached hydrogens (tertiary/aromatic N) is 2. The average Bonchev–Trinajstić information content (AvgIpc) is 3.30. The van der Waals surface area contributed by atoms with Crippen molar-refractivity contribution in [2.45, 2.75) is 31.6 Å². The van der Waals surface area contributed by atoms with Gasteiger partial charge in [0, 0.05) is 23.0 Å². The van der Waals surface area contributed by atoms with Gasteiger partial charge in [-0.15, -0.1) is 0 Å². The quantitative estimate of drug-likeness (QED) is 0.398. The number of ketones is 1. The van der Waals surface area contributed by atoms with E-state index in [1.54, 1.807) is 19.1 Å². The van der Waals surface area contributed by atoms with Crippen LogP contribution in [0, 0.1) is 11.8 Å². The number of aromatic nitrogens is 1. The van der Waals surface area contributed by atoms with Crippen LogP contribution in [0.1, 0.15) is 52.2 Å². The number of benzene rings is 2. The van der Waals surface area contributed by atoms with Crippen LogP contribution in [0.25, 0.3) is 5.76 Å². The van der Waals surface area contributed by atoms with Gasteiger partial charge in [-0.25, -0.2) is 0 Å². The van der Waals surface area contributed by atoms with Crippen molar-refractivity contribution in [1.82, 2.24) is 10.1 Å². The summed E-state index contributed by atoms with van der Waals surface area (Å²) in [6, 6.07) is 13.5. The third-order valence-electron chi connectivity index (χ3n) is 8.06. The van der Waals surface area contributed by atoms with Crippen molar-refractivity contribution in [2.24, 2.45) is 11.8 Å². The standard InChI is InChI=1S/C29H28N2O7/c1-29(36)16-10-7-11-18(32)20(16)26(35)21-17(29)12-15-19(24(21)33)25(34)22-27(23(15)31(2)3)38-30-28(22)37-13-14-8-5-4-6-9-14/h4-11,15,17,23,32-34,36H,12-13H2,1-3H3/t15-,17+,23+,29-/m1/s1. The molecule has 0 fully saturated rings. The average molecular weight is 517 g/mol. The zero-order valence-corrected chi connectivity index (χ0v) is 21.2. The van der Waals surface area contributed by atoms with E-state index >= 15 is 0 Å². The predicted molar refractivity (Wildman–Crippen MR) is 137 cm³/mol. The largest absolute Gasteiger partial charge is 0.507 e. The van der Waals surface area contributed by atoms with Gasteiger partial charge in [0.15, 0.2) is 11.5 Å². The first-order valence-corrected chi connectivity index (χ1v) is 12.4. The van der Waals surface area contributed by atoms with Gasteiger partial charge >= 0.3 is 0 Å². The first-order chi connectivity index (χ1) is 18.1. The Morgan fingerprint density at radius 1 is 1.03 bits per heavy atom. The monoisotopic (exact) mass is 516 g/mol. The maximum atomic E-state index is 13.6. The summed E-state index contributed by atoms with van der Waals surface area (Å²) in [5.41, 5.74) is -0.0667. The number of aromatic hydroxyl groups is 1. The number of hydrogen-bond donors (Lipinski definition) is 4. The number of rotatable bonds is 4. The van der Waals surface area contributed by atoms with Gasteiger partial charge in [0.05, 0.1) is 17.2 Å². The number of phenols is 1. The van der Waals surface area contributed by atoms with E-state index in [2.05, 4.69) is 5.16 Å². The van der Waals surface area contributed by atoms with Crippen LogP contribution in [0.5, 0.6) is 11.6 Å². The molecule has 2 aromatic carbocycles. The summed E-state index contributed by atoms with van der Waals surface area (Å²) < 4.78 is 11.6. The second-order valence-electron chi connectivity index (χ2n) is 10.5. The summed E-state index contributed by atoms with van der Waals surface area (Å²) in [4.78, 5) is 15.5. The second-order valence-corrected chi connectivity index (χ2v) is 10.5. The fourth-order valence-electron chi connectivity index (χ4n) is 6.29. The van der Waals surface area contributed by atoms with Gasteiger partial charge in [0.25, 0.3) is 5.88 Å². The Kier molecular flexibility index (Phi) is 5.41. The number of allylic oxidation sites excluding steroid dienone is 1. The number of carbonyl (C=O) groups excluding carboxylic acids is 1. The number of phenolic OH excluding ortho intramolecular Hbond substituents is 1. The van der Waals surface area contributed by atoms with Crippen LogP contribution >= 0.6 is 0 Å². The van der Waals surface area contributed by atoms with Gasteiger partial charge in [-0.05, 0) is 49.8 Å². The molecule has 0 saturated carbocycles. The molecule has 0 radical (unpaired) electrons. The molecule has 0 amide bonds. The van der Waals surface area contributed by atoms with Crippen LogP contribution < -0.4 is 4.74 Å². The molecule has 4 atom stereocenters. The number of Topliss-reactive ketones (excluding diaryl/α,β-unsaturated/α-hetero) is 1. The highest BCUT2D eigenvalue weighted by Crippen LogP contribution is 2.58. The molecule has 3 aliphatic rings. The van der Waals surface area contributed by atoms with E-state index in [9.17, 15) is 25.2 Å². The number of carbonyl (C=O) groups is 1. The molecule has 1 heterocycles. The second kappa shape index (κ2) is 8.47. The van der Waals surface area contributed by atoms with Crippen LogP contribution in [0.3, 0.4) is 0 Å². The minimum Gasteiger partial charge on any atom is -0.507 e. The molecule has 196 valence electrons. The normalized spacial score (nSPS) is 26.1. The Bertz CT molecular complexity index is 1520.